The summed E-state index contributed by atoms with van der Waals surface area (Å²) in [5.41, 5.74) is 1.79. The number of benzene rings is 2. The number of anilines is 2. The lowest BCUT2D eigenvalue weighted by atomic mass is 10.1. The Morgan fingerprint density at radius 3 is 2.40 bits per heavy atom. The van der Waals surface area contributed by atoms with Gasteiger partial charge in [-0.05, 0) is 49.7 Å². The number of rotatable bonds is 7. The van der Waals surface area contributed by atoms with Crippen LogP contribution >= 0.6 is 0 Å². The summed E-state index contributed by atoms with van der Waals surface area (Å²) in [7, 11) is 1.52. The maximum atomic E-state index is 13.8. The number of ether oxygens (including phenoxy) is 1. The highest BCUT2D eigenvalue weighted by molar-refractivity contribution is 5.64. The molecular formula is C24H22F3N5O3. The molecular weight excluding hydrogens is 463 g/mol. The Kier molecular flexibility index (Phi) is 6.61. The SMILES string of the molecule is COc1cc(Nc2cc(C)nn([C@@H](CO)c3cc(F)c(F)c(F)c3)c2=O)ccc1-n1cnc(C)c1. The third kappa shape index (κ3) is 4.76. The largest absolute Gasteiger partial charge is 0.494 e. The first-order chi connectivity index (χ1) is 16.7. The molecule has 0 radical (unpaired) electrons. The lowest BCUT2D eigenvalue weighted by molar-refractivity contribution is 0.235. The molecule has 1 atom stereocenters. The molecule has 0 amide bonds. The van der Waals surface area contributed by atoms with Gasteiger partial charge in [-0.15, -0.1) is 0 Å². The Labute approximate surface area is 198 Å². The average molecular weight is 485 g/mol. The van der Waals surface area contributed by atoms with Gasteiger partial charge in [-0.1, -0.05) is 0 Å². The van der Waals surface area contributed by atoms with E-state index in [0.29, 0.717) is 17.1 Å². The van der Waals surface area contributed by atoms with Gasteiger partial charge >= 0.3 is 0 Å². The van der Waals surface area contributed by atoms with Gasteiger partial charge in [0.15, 0.2) is 17.5 Å². The molecule has 0 fully saturated rings. The van der Waals surface area contributed by atoms with Crippen LogP contribution in [0.4, 0.5) is 24.5 Å². The second-order valence-electron chi connectivity index (χ2n) is 7.88. The van der Waals surface area contributed by atoms with E-state index in [2.05, 4.69) is 15.4 Å². The zero-order valence-electron chi connectivity index (χ0n) is 19.1. The van der Waals surface area contributed by atoms with Crippen LogP contribution in [-0.4, -0.2) is 38.2 Å². The highest BCUT2D eigenvalue weighted by Gasteiger charge is 2.22. The number of aliphatic hydroxyl groups excluding tert-OH is 1. The van der Waals surface area contributed by atoms with Gasteiger partial charge in [0.2, 0.25) is 0 Å². The second-order valence-corrected chi connectivity index (χ2v) is 7.88. The zero-order chi connectivity index (χ0) is 25.3. The fourth-order valence-corrected chi connectivity index (χ4v) is 3.71. The third-order valence-corrected chi connectivity index (χ3v) is 5.36. The quantitative estimate of drug-likeness (QED) is 0.387. The van der Waals surface area contributed by atoms with Gasteiger partial charge in [-0.3, -0.25) is 4.79 Å². The molecule has 0 spiro atoms. The van der Waals surface area contributed by atoms with Gasteiger partial charge in [0, 0.05) is 18.0 Å². The summed E-state index contributed by atoms with van der Waals surface area (Å²) in [6.45, 7) is 2.78. The van der Waals surface area contributed by atoms with Crippen molar-refractivity contribution in [1.82, 2.24) is 19.3 Å². The molecule has 2 aromatic carbocycles. The normalized spacial score (nSPS) is 12.0. The van der Waals surface area contributed by atoms with Crippen molar-refractivity contribution < 1.29 is 23.0 Å². The molecule has 2 aromatic heterocycles. The second kappa shape index (κ2) is 9.63. The zero-order valence-corrected chi connectivity index (χ0v) is 19.1. The molecule has 11 heteroatoms. The van der Waals surface area contributed by atoms with Gasteiger partial charge in [0.1, 0.15) is 17.5 Å². The van der Waals surface area contributed by atoms with E-state index in [0.717, 1.165) is 28.2 Å². The molecule has 4 rings (SSSR count). The van der Waals surface area contributed by atoms with Crippen LogP contribution < -0.4 is 15.6 Å². The highest BCUT2D eigenvalue weighted by atomic mass is 19.2. The van der Waals surface area contributed by atoms with E-state index >= 15 is 0 Å². The highest BCUT2D eigenvalue weighted by Crippen LogP contribution is 2.28. The van der Waals surface area contributed by atoms with Crippen LogP contribution in [0.1, 0.15) is 23.0 Å². The van der Waals surface area contributed by atoms with E-state index < -0.39 is 35.7 Å². The van der Waals surface area contributed by atoms with E-state index in [1.807, 2.05) is 13.1 Å². The van der Waals surface area contributed by atoms with Crippen LogP contribution in [0, 0.1) is 31.3 Å². The molecule has 0 bridgehead atoms. The number of aromatic nitrogens is 4. The van der Waals surface area contributed by atoms with Gasteiger partial charge in [-0.2, -0.15) is 5.10 Å². The lowest BCUT2D eigenvalue weighted by Crippen LogP contribution is -2.32. The molecule has 0 aliphatic carbocycles. The number of methoxy groups -OCH3 is 1. The smallest absolute Gasteiger partial charge is 0.291 e. The third-order valence-electron chi connectivity index (χ3n) is 5.36. The summed E-state index contributed by atoms with van der Waals surface area (Å²) in [4.78, 5) is 17.4. The summed E-state index contributed by atoms with van der Waals surface area (Å²) in [6, 6.07) is 6.93. The standard InChI is InChI=1S/C24H22F3N5O3/c1-13-6-19(29-16-4-5-20(22(9-16)35-3)31-10-14(2)28-12-31)24(34)32(30-13)21(11-33)15-7-17(25)23(27)18(26)8-15/h4-10,12,21,29,33H,11H2,1-3H3/t21-/m0/s1. The fraction of sp³-hybridized carbons (Fsp3) is 0.208. The lowest BCUT2D eigenvalue weighted by Gasteiger charge is -2.19. The number of aliphatic hydroxyl groups is 1. The van der Waals surface area contributed by atoms with Crippen molar-refractivity contribution in [2.75, 3.05) is 19.0 Å². The van der Waals surface area contributed by atoms with Crippen molar-refractivity contribution in [2.45, 2.75) is 19.9 Å². The molecule has 2 N–H and O–H groups in total. The molecule has 182 valence electrons. The molecule has 8 nitrogen and oxygen atoms in total. The van der Waals surface area contributed by atoms with E-state index in [1.54, 1.807) is 36.0 Å². The van der Waals surface area contributed by atoms with E-state index in [9.17, 15) is 23.1 Å². The van der Waals surface area contributed by atoms with Crippen LogP contribution in [0.5, 0.6) is 5.75 Å². The summed E-state index contributed by atoms with van der Waals surface area (Å²) < 4.78 is 49.2. The van der Waals surface area contributed by atoms with Crippen molar-refractivity contribution in [2.24, 2.45) is 0 Å². The van der Waals surface area contributed by atoms with Crippen LogP contribution in [0.25, 0.3) is 5.69 Å². The first-order valence-electron chi connectivity index (χ1n) is 10.5. The molecule has 0 saturated heterocycles. The predicted octanol–water partition coefficient (Wildman–Crippen LogP) is 3.80. The molecule has 35 heavy (non-hydrogen) atoms. The number of nitrogens with zero attached hydrogens (tertiary/aromatic N) is 4. The fourth-order valence-electron chi connectivity index (χ4n) is 3.71. The maximum Gasteiger partial charge on any atom is 0.291 e. The number of aryl methyl sites for hydroxylation is 2. The number of hydrogen-bond acceptors (Lipinski definition) is 6. The number of nitrogens with one attached hydrogen (secondary N) is 1. The molecule has 4 aromatic rings. The van der Waals surface area contributed by atoms with Gasteiger partial charge in [-0.25, -0.2) is 22.8 Å². The minimum Gasteiger partial charge on any atom is -0.494 e. The summed E-state index contributed by atoms with van der Waals surface area (Å²) in [5, 5.41) is 17.0. The maximum absolute atomic E-state index is 13.8. The van der Waals surface area contributed by atoms with Crippen molar-refractivity contribution in [3.8, 4) is 11.4 Å². The molecule has 2 heterocycles. The Hall–Kier alpha value is -4.12. The Bertz CT molecular complexity index is 1430. The first-order valence-corrected chi connectivity index (χ1v) is 10.5. The topological polar surface area (TPSA) is 94.2 Å². The van der Waals surface area contributed by atoms with Gasteiger partial charge in [0.25, 0.3) is 5.56 Å². The van der Waals surface area contributed by atoms with E-state index in [4.69, 9.17) is 4.74 Å². The van der Waals surface area contributed by atoms with Crippen LogP contribution in [-0.2, 0) is 0 Å². The number of halogens is 3. The van der Waals surface area contributed by atoms with Crippen molar-refractivity contribution in [3.05, 3.63) is 93.7 Å². The van der Waals surface area contributed by atoms with E-state index in [1.165, 1.54) is 13.2 Å². The van der Waals surface area contributed by atoms with Gasteiger partial charge < -0.3 is 19.7 Å². The summed E-state index contributed by atoms with van der Waals surface area (Å²) in [6.07, 6.45) is 3.49. The van der Waals surface area contributed by atoms with E-state index in [-0.39, 0.29) is 11.3 Å². The van der Waals surface area contributed by atoms with Crippen LogP contribution in [0.3, 0.4) is 0 Å². The number of imidazole rings is 1. The van der Waals surface area contributed by atoms with Gasteiger partial charge in [0.05, 0.1) is 37.1 Å². The minimum atomic E-state index is -1.64. The van der Waals surface area contributed by atoms with Crippen LogP contribution in [0.2, 0.25) is 0 Å². The Morgan fingerprint density at radius 2 is 1.80 bits per heavy atom. The van der Waals surface area contributed by atoms with Crippen molar-refractivity contribution in [3.63, 3.8) is 0 Å². The molecule has 0 aliphatic heterocycles. The molecule has 0 unspecified atom stereocenters. The first kappa shape index (κ1) is 24.0. The summed E-state index contributed by atoms with van der Waals surface area (Å²) in [5.74, 6) is -3.99. The monoisotopic (exact) mass is 485 g/mol. The molecule has 0 saturated carbocycles. The van der Waals surface area contributed by atoms with Crippen molar-refractivity contribution >= 4 is 11.4 Å². The molecule has 0 aliphatic rings. The summed E-state index contributed by atoms with van der Waals surface area (Å²) >= 11 is 0. The number of hydrogen-bond donors (Lipinski definition) is 2. The van der Waals surface area contributed by atoms with Crippen molar-refractivity contribution in [1.29, 1.82) is 0 Å². The Morgan fingerprint density at radius 1 is 1.09 bits per heavy atom. The predicted molar refractivity (Wildman–Crippen MR) is 123 cm³/mol. The van der Waals surface area contributed by atoms with Crippen LogP contribution in [0.15, 0.2) is 53.7 Å². The average Bonchev–Trinajstić information content (AvgIpc) is 3.26. The minimum absolute atomic E-state index is 0.104. The Balaban J connectivity index is 1.72.